The van der Waals surface area contributed by atoms with E-state index >= 15 is 0 Å². The first kappa shape index (κ1) is 13.8. The van der Waals surface area contributed by atoms with E-state index in [-0.39, 0.29) is 6.61 Å². The first-order chi connectivity index (χ1) is 6.81. The number of hydrogen-bond acceptors (Lipinski definition) is 5. The Balaban J connectivity index is 2.98. The van der Waals surface area contributed by atoms with Crippen LogP contribution in [0, 0.1) is 0 Å². The molecule has 0 aliphatic heterocycles. The normalized spacial score (nSPS) is 13.1. The van der Waals surface area contributed by atoms with Crippen LogP contribution >= 0.6 is 0 Å². The standard InChI is InChI=1S/C9H21NO4/c1-13-8-9(12)7-10-3-2-5-14-6-4-11/h9-12H,2-8H2,1H3. The maximum atomic E-state index is 9.24. The van der Waals surface area contributed by atoms with Gasteiger partial charge < -0.3 is 25.0 Å². The lowest BCUT2D eigenvalue weighted by molar-refractivity contribution is 0.0630. The summed E-state index contributed by atoms with van der Waals surface area (Å²) in [7, 11) is 1.56. The van der Waals surface area contributed by atoms with Crippen LogP contribution in [-0.4, -0.2) is 62.9 Å². The van der Waals surface area contributed by atoms with E-state index in [0.717, 1.165) is 13.0 Å². The fraction of sp³-hybridized carbons (Fsp3) is 1.00. The van der Waals surface area contributed by atoms with E-state index in [1.807, 2.05) is 0 Å². The van der Waals surface area contributed by atoms with Gasteiger partial charge in [0, 0.05) is 20.3 Å². The maximum Gasteiger partial charge on any atom is 0.0897 e. The van der Waals surface area contributed by atoms with Gasteiger partial charge in [-0.1, -0.05) is 0 Å². The number of aliphatic hydroxyl groups excluding tert-OH is 2. The van der Waals surface area contributed by atoms with Crippen LogP contribution < -0.4 is 5.32 Å². The molecule has 14 heavy (non-hydrogen) atoms. The second kappa shape index (κ2) is 10.9. The summed E-state index contributed by atoms with van der Waals surface area (Å²) in [5.41, 5.74) is 0. The average Bonchev–Trinajstić information content (AvgIpc) is 2.17. The summed E-state index contributed by atoms with van der Waals surface area (Å²) < 4.78 is 9.83. The van der Waals surface area contributed by atoms with Gasteiger partial charge in [0.05, 0.1) is 25.9 Å². The summed E-state index contributed by atoms with van der Waals surface area (Å²) in [5, 5.41) is 20.7. The van der Waals surface area contributed by atoms with Crippen molar-refractivity contribution in [2.24, 2.45) is 0 Å². The highest BCUT2D eigenvalue weighted by atomic mass is 16.5. The second-order valence-electron chi connectivity index (χ2n) is 3.00. The van der Waals surface area contributed by atoms with Crippen LogP contribution in [0.2, 0.25) is 0 Å². The molecule has 0 aliphatic carbocycles. The number of rotatable bonds is 10. The van der Waals surface area contributed by atoms with Crippen molar-refractivity contribution in [3.8, 4) is 0 Å². The Bertz CT molecular complexity index is 113. The zero-order valence-corrected chi connectivity index (χ0v) is 8.74. The zero-order chi connectivity index (χ0) is 10.6. The molecule has 0 amide bonds. The van der Waals surface area contributed by atoms with Crippen molar-refractivity contribution >= 4 is 0 Å². The van der Waals surface area contributed by atoms with Crippen molar-refractivity contribution in [3.05, 3.63) is 0 Å². The monoisotopic (exact) mass is 207 g/mol. The molecule has 0 heterocycles. The minimum Gasteiger partial charge on any atom is -0.394 e. The highest BCUT2D eigenvalue weighted by Crippen LogP contribution is 1.83. The largest absolute Gasteiger partial charge is 0.394 e. The van der Waals surface area contributed by atoms with Crippen LogP contribution in [0.1, 0.15) is 6.42 Å². The molecule has 0 aliphatic rings. The molecule has 0 radical (unpaired) electrons. The molecule has 1 atom stereocenters. The smallest absolute Gasteiger partial charge is 0.0897 e. The van der Waals surface area contributed by atoms with E-state index in [1.165, 1.54) is 0 Å². The Kier molecular flexibility index (Phi) is 10.7. The number of methoxy groups -OCH3 is 1. The van der Waals surface area contributed by atoms with E-state index in [0.29, 0.717) is 26.4 Å². The third kappa shape index (κ3) is 9.88. The van der Waals surface area contributed by atoms with Crippen LogP contribution in [0.25, 0.3) is 0 Å². The molecule has 1 unspecified atom stereocenters. The van der Waals surface area contributed by atoms with Crippen molar-refractivity contribution in [2.75, 3.05) is 46.6 Å². The molecule has 0 bridgehead atoms. The number of ether oxygens (including phenoxy) is 2. The lowest BCUT2D eigenvalue weighted by Gasteiger charge is -2.10. The molecule has 0 rings (SSSR count). The van der Waals surface area contributed by atoms with Crippen LogP contribution in [-0.2, 0) is 9.47 Å². The van der Waals surface area contributed by atoms with Crippen molar-refractivity contribution < 1.29 is 19.7 Å². The van der Waals surface area contributed by atoms with Gasteiger partial charge in [0.1, 0.15) is 0 Å². The predicted octanol–water partition coefficient (Wildman–Crippen LogP) is -1.02. The van der Waals surface area contributed by atoms with Gasteiger partial charge in [-0.05, 0) is 13.0 Å². The van der Waals surface area contributed by atoms with Gasteiger partial charge in [0.25, 0.3) is 0 Å². The van der Waals surface area contributed by atoms with E-state index in [4.69, 9.17) is 14.6 Å². The quantitative estimate of drug-likeness (QED) is 0.400. The van der Waals surface area contributed by atoms with Crippen LogP contribution in [0.5, 0.6) is 0 Å². The molecule has 3 N–H and O–H groups in total. The fourth-order valence-corrected chi connectivity index (χ4v) is 0.986. The minimum absolute atomic E-state index is 0.0694. The zero-order valence-electron chi connectivity index (χ0n) is 8.74. The van der Waals surface area contributed by atoms with Crippen molar-refractivity contribution in [2.45, 2.75) is 12.5 Å². The van der Waals surface area contributed by atoms with Gasteiger partial charge in [-0.2, -0.15) is 0 Å². The SMILES string of the molecule is COCC(O)CNCCCOCCO. The second-order valence-corrected chi connectivity index (χ2v) is 3.00. The first-order valence-electron chi connectivity index (χ1n) is 4.87. The molecule has 86 valence electrons. The lowest BCUT2D eigenvalue weighted by Crippen LogP contribution is -2.31. The van der Waals surface area contributed by atoms with Gasteiger partial charge in [0.15, 0.2) is 0 Å². The van der Waals surface area contributed by atoms with Crippen molar-refractivity contribution in [1.29, 1.82) is 0 Å². The van der Waals surface area contributed by atoms with Crippen molar-refractivity contribution in [1.82, 2.24) is 5.32 Å². The maximum absolute atomic E-state index is 9.24. The summed E-state index contributed by atoms with van der Waals surface area (Å²) in [6.45, 7) is 2.79. The molecule has 0 saturated carbocycles. The number of aliphatic hydroxyl groups is 2. The fourth-order valence-electron chi connectivity index (χ4n) is 0.986. The molecule has 0 spiro atoms. The van der Waals surface area contributed by atoms with E-state index < -0.39 is 6.10 Å². The molecular formula is C9H21NO4. The van der Waals surface area contributed by atoms with Gasteiger partial charge in [-0.25, -0.2) is 0 Å². The summed E-state index contributed by atoms with van der Waals surface area (Å²) in [6, 6.07) is 0. The molecule has 0 aromatic rings. The Morgan fingerprint density at radius 2 is 2.14 bits per heavy atom. The Morgan fingerprint density at radius 1 is 1.36 bits per heavy atom. The van der Waals surface area contributed by atoms with Crippen LogP contribution in [0.3, 0.4) is 0 Å². The summed E-state index contributed by atoms with van der Waals surface area (Å²) >= 11 is 0. The predicted molar refractivity (Wildman–Crippen MR) is 53.3 cm³/mol. The Hall–Kier alpha value is -0.200. The summed E-state index contributed by atoms with van der Waals surface area (Å²) in [6.07, 6.45) is 0.429. The molecular weight excluding hydrogens is 186 g/mol. The Morgan fingerprint density at radius 3 is 2.79 bits per heavy atom. The van der Waals surface area contributed by atoms with E-state index in [2.05, 4.69) is 5.32 Å². The molecule has 5 nitrogen and oxygen atoms in total. The van der Waals surface area contributed by atoms with Crippen LogP contribution in [0.15, 0.2) is 0 Å². The minimum atomic E-state index is -0.446. The van der Waals surface area contributed by atoms with E-state index in [9.17, 15) is 5.11 Å². The number of nitrogens with one attached hydrogen (secondary N) is 1. The first-order valence-corrected chi connectivity index (χ1v) is 4.87. The van der Waals surface area contributed by atoms with Crippen molar-refractivity contribution in [3.63, 3.8) is 0 Å². The third-order valence-electron chi connectivity index (χ3n) is 1.62. The summed E-state index contributed by atoms with van der Waals surface area (Å²) in [5.74, 6) is 0. The molecule has 5 heteroatoms. The van der Waals surface area contributed by atoms with Gasteiger partial charge in [-0.3, -0.25) is 0 Å². The van der Waals surface area contributed by atoms with Gasteiger partial charge in [0.2, 0.25) is 0 Å². The van der Waals surface area contributed by atoms with Gasteiger partial charge >= 0.3 is 0 Å². The highest BCUT2D eigenvalue weighted by Gasteiger charge is 2.00. The molecule has 0 aromatic heterocycles. The lowest BCUT2D eigenvalue weighted by atomic mass is 10.3. The molecule has 0 fully saturated rings. The Labute approximate surface area is 85.0 Å². The topological polar surface area (TPSA) is 71.0 Å². The average molecular weight is 207 g/mol. The highest BCUT2D eigenvalue weighted by molar-refractivity contribution is 4.57. The van der Waals surface area contributed by atoms with Crippen LogP contribution in [0.4, 0.5) is 0 Å². The van der Waals surface area contributed by atoms with Gasteiger partial charge in [-0.15, -0.1) is 0 Å². The molecule has 0 aromatic carbocycles. The number of hydrogen-bond donors (Lipinski definition) is 3. The molecule has 0 saturated heterocycles. The third-order valence-corrected chi connectivity index (χ3v) is 1.62. The summed E-state index contributed by atoms with van der Waals surface area (Å²) in [4.78, 5) is 0. The van der Waals surface area contributed by atoms with E-state index in [1.54, 1.807) is 7.11 Å².